The number of rotatable bonds is 9. The minimum absolute atomic E-state index is 0.0840. The van der Waals surface area contributed by atoms with Gasteiger partial charge in [-0.05, 0) is 55.5 Å². The standard InChI is InChI=1S/C22H21NO6S.C15H15NO4/c1-15-9-11-17(12-10-15)30(24,25)28-14-16-13-27-20-7-3-5-18(22(20)29-16)19-6-4-8-21(23-19)26-2;1-18-14-7-3-5-12(16-14)11-4-2-6-13-15(11)20-10(8-17)9-19-13/h3-12,16H,13-14H2,1-2H3;2-7,10,17H,8-9H2,1H3. The number of fused-ring (bicyclic) bond motifs is 2. The maximum Gasteiger partial charge on any atom is 0.297 e. The number of aromatic nitrogens is 2. The zero-order chi connectivity index (χ0) is 35.1. The molecule has 5 aromatic rings. The molecule has 3 aromatic carbocycles. The van der Waals surface area contributed by atoms with E-state index in [0.717, 1.165) is 22.4 Å². The molecule has 2 unspecified atom stereocenters. The molecule has 0 amide bonds. The SMILES string of the molecule is COc1cccc(-c2cccc3c2OC(CO)CO3)n1.COc1cccc(-c2cccc3c2OC(COS(=O)(=O)c2ccc(C)cc2)CO3)n1. The number of ether oxygens (including phenoxy) is 6. The van der Waals surface area contributed by atoms with Crippen molar-refractivity contribution in [1.82, 2.24) is 9.97 Å². The fourth-order valence-corrected chi connectivity index (χ4v) is 6.08. The van der Waals surface area contributed by atoms with Gasteiger partial charge in [-0.1, -0.05) is 42.0 Å². The van der Waals surface area contributed by atoms with Gasteiger partial charge in [0.15, 0.2) is 35.2 Å². The number of aryl methyl sites for hydroxylation is 1. The Bertz CT molecular complexity index is 2040. The molecule has 0 bridgehead atoms. The van der Waals surface area contributed by atoms with E-state index < -0.39 is 16.2 Å². The van der Waals surface area contributed by atoms with Gasteiger partial charge in [0.05, 0.1) is 37.1 Å². The van der Waals surface area contributed by atoms with Gasteiger partial charge in [-0.25, -0.2) is 9.97 Å². The third-order valence-corrected chi connectivity index (χ3v) is 9.01. The molecule has 12 nitrogen and oxygen atoms in total. The quantitative estimate of drug-likeness (QED) is 0.194. The zero-order valence-corrected chi connectivity index (χ0v) is 28.5. The predicted octanol–water partition coefficient (Wildman–Crippen LogP) is 5.50. The Balaban J connectivity index is 0.000000187. The summed E-state index contributed by atoms with van der Waals surface area (Å²) in [7, 11) is -0.763. The Morgan fingerprint density at radius 3 is 1.72 bits per heavy atom. The van der Waals surface area contributed by atoms with Crippen LogP contribution in [0.2, 0.25) is 0 Å². The van der Waals surface area contributed by atoms with Crippen molar-refractivity contribution in [2.75, 3.05) is 40.6 Å². The molecule has 0 saturated heterocycles. The Morgan fingerprint density at radius 1 is 0.700 bits per heavy atom. The van der Waals surface area contributed by atoms with Crippen LogP contribution in [-0.2, 0) is 14.3 Å². The molecule has 0 radical (unpaired) electrons. The number of pyridine rings is 2. The van der Waals surface area contributed by atoms with E-state index in [2.05, 4.69) is 9.97 Å². The maximum absolute atomic E-state index is 12.4. The summed E-state index contributed by atoms with van der Waals surface area (Å²) in [6.45, 7) is 2.15. The van der Waals surface area contributed by atoms with Gasteiger partial charge in [0.2, 0.25) is 11.8 Å². The summed E-state index contributed by atoms with van der Waals surface area (Å²) < 4.78 is 63.7. The molecule has 0 saturated carbocycles. The second-order valence-corrected chi connectivity index (χ2v) is 12.8. The molecule has 260 valence electrons. The molecule has 2 aromatic heterocycles. The lowest BCUT2D eigenvalue weighted by atomic mass is 10.1. The highest BCUT2D eigenvalue weighted by molar-refractivity contribution is 7.86. The van der Waals surface area contributed by atoms with E-state index >= 15 is 0 Å². The van der Waals surface area contributed by atoms with Crippen molar-refractivity contribution in [1.29, 1.82) is 0 Å². The van der Waals surface area contributed by atoms with Gasteiger partial charge in [-0.2, -0.15) is 8.42 Å². The summed E-state index contributed by atoms with van der Waals surface area (Å²) in [6, 6.07) is 28.6. The smallest absolute Gasteiger partial charge is 0.297 e. The summed E-state index contributed by atoms with van der Waals surface area (Å²) in [5, 5.41) is 9.22. The second-order valence-electron chi connectivity index (χ2n) is 11.2. The molecule has 0 fully saturated rings. The van der Waals surface area contributed by atoms with Crippen LogP contribution in [0.15, 0.2) is 102 Å². The third kappa shape index (κ3) is 7.91. The topological polar surface area (TPSA) is 145 Å². The van der Waals surface area contributed by atoms with E-state index in [1.54, 1.807) is 44.6 Å². The van der Waals surface area contributed by atoms with Crippen LogP contribution >= 0.6 is 0 Å². The van der Waals surface area contributed by atoms with Crippen LogP contribution in [0.1, 0.15) is 5.56 Å². The first kappa shape index (κ1) is 34.5. The number of benzene rings is 3. The van der Waals surface area contributed by atoms with Crippen LogP contribution in [0, 0.1) is 6.92 Å². The van der Waals surface area contributed by atoms with Crippen molar-refractivity contribution in [2.24, 2.45) is 0 Å². The van der Waals surface area contributed by atoms with Gasteiger partial charge in [0.1, 0.15) is 19.8 Å². The Kier molecular flexibility index (Phi) is 10.7. The molecular weight excluding hydrogens is 664 g/mol. The molecule has 2 atom stereocenters. The van der Waals surface area contributed by atoms with E-state index in [1.165, 1.54) is 12.1 Å². The number of aliphatic hydroxyl groups is 1. The molecule has 13 heteroatoms. The van der Waals surface area contributed by atoms with Crippen LogP contribution in [0.5, 0.6) is 34.8 Å². The lowest BCUT2D eigenvalue weighted by Crippen LogP contribution is -2.34. The molecule has 2 aliphatic heterocycles. The Hall–Kier alpha value is -5.37. The van der Waals surface area contributed by atoms with E-state index in [4.69, 9.17) is 32.6 Å². The van der Waals surface area contributed by atoms with Gasteiger partial charge < -0.3 is 33.5 Å². The van der Waals surface area contributed by atoms with Crippen LogP contribution in [0.4, 0.5) is 0 Å². The molecule has 7 rings (SSSR count). The molecule has 0 spiro atoms. The van der Waals surface area contributed by atoms with Crippen molar-refractivity contribution in [3.05, 3.63) is 103 Å². The Labute approximate surface area is 290 Å². The van der Waals surface area contributed by atoms with Gasteiger partial charge in [-0.3, -0.25) is 4.18 Å². The highest BCUT2D eigenvalue weighted by atomic mass is 32.2. The van der Waals surface area contributed by atoms with E-state index in [-0.39, 0.29) is 30.8 Å². The van der Waals surface area contributed by atoms with Crippen molar-refractivity contribution in [3.63, 3.8) is 0 Å². The van der Waals surface area contributed by atoms with Gasteiger partial charge in [0.25, 0.3) is 10.1 Å². The van der Waals surface area contributed by atoms with Crippen molar-refractivity contribution >= 4 is 10.1 Å². The van der Waals surface area contributed by atoms with Crippen molar-refractivity contribution in [3.8, 4) is 57.3 Å². The van der Waals surface area contributed by atoms with E-state index in [1.807, 2.05) is 61.5 Å². The highest BCUT2D eigenvalue weighted by Crippen LogP contribution is 2.42. The summed E-state index contributed by atoms with van der Waals surface area (Å²) in [5.74, 6) is 3.34. The summed E-state index contributed by atoms with van der Waals surface area (Å²) in [6.07, 6.45) is -0.946. The molecular formula is C37H36N2O10S. The Morgan fingerprint density at radius 2 is 1.20 bits per heavy atom. The average molecular weight is 701 g/mol. The number of aliphatic hydroxyl groups excluding tert-OH is 1. The van der Waals surface area contributed by atoms with E-state index in [9.17, 15) is 13.5 Å². The number of methoxy groups -OCH3 is 2. The normalized spacial score (nSPS) is 16.1. The summed E-state index contributed by atoms with van der Waals surface area (Å²) in [4.78, 5) is 8.95. The highest BCUT2D eigenvalue weighted by Gasteiger charge is 2.28. The molecule has 4 heterocycles. The van der Waals surface area contributed by atoms with Crippen LogP contribution in [0.25, 0.3) is 22.5 Å². The summed E-state index contributed by atoms with van der Waals surface area (Å²) in [5.41, 5.74) is 3.90. The first-order valence-electron chi connectivity index (χ1n) is 15.7. The van der Waals surface area contributed by atoms with Crippen molar-refractivity contribution < 1.29 is 46.1 Å². The van der Waals surface area contributed by atoms with Gasteiger partial charge in [-0.15, -0.1) is 0 Å². The second kappa shape index (κ2) is 15.5. The first-order valence-corrected chi connectivity index (χ1v) is 17.1. The largest absolute Gasteiger partial charge is 0.486 e. The zero-order valence-electron chi connectivity index (χ0n) is 27.6. The lowest BCUT2D eigenvalue weighted by molar-refractivity contribution is 0.0462. The van der Waals surface area contributed by atoms with Crippen LogP contribution in [0.3, 0.4) is 0 Å². The molecule has 2 aliphatic rings. The van der Waals surface area contributed by atoms with Crippen LogP contribution in [-0.4, -0.2) is 76.3 Å². The fraction of sp³-hybridized carbons (Fsp3) is 0.243. The lowest BCUT2D eigenvalue weighted by Gasteiger charge is -2.27. The van der Waals surface area contributed by atoms with Crippen molar-refractivity contribution in [2.45, 2.75) is 24.0 Å². The van der Waals surface area contributed by atoms with Gasteiger partial charge in [0, 0.05) is 23.3 Å². The number of para-hydroxylation sites is 2. The monoisotopic (exact) mass is 700 g/mol. The minimum Gasteiger partial charge on any atom is -0.486 e. The van der Waals surface area contributed by atoms with Gasteiger partial charge >= 0.3 is 0 Å². The fourth-order valence-electron chi connectivity index (χ4n) is 5.14. The van der Waals surface area contributed by atoms with E-state index in [0.29, 0.717) is 47.1 Å². The molecule has 1 N–H and O–H groups in total. The first-order chi connectivity index (χ1) is 24.3. The number of hydrogen-bond acceptors (Lipinski definition) is 12. The number of nitrogens with zero attached hydrogens (tertiary/aromatic N) is 2. The third-order valence-electron chi connectivity index (χ3n) is 7.72. The minimum atomic E-state index is -3.89. The molecule has 50 heavy (non-hydrogen) atoms. The molecule has 0 aliphatic carbocycles. The average Bonchev–Trinajstić information content (AvgIpc) is 3.16. The maximum atomic E-state index is 12.4. The predicted molar refractivity (Wildman–Crippen MR) is 184 cm³/mol. The van der Waals surface area contributed by atoms with Crippen LogP contribution < -0.4 is 28.4 Å². The number of hydrogen-bond donors (Lipinski definition) is 1. The summed E-state index contributed by atoms with van der Waals surface area (Å²) >= 11 is 0.